The van der Waals surface area contributed by atoms with Crippen molar-refractivity contribution in [1.29, 1.82) is 0 Å². The molecular formula is C10H16N4O3S. The van der Waals surface area contributed by atoms with E-state index in [0.29, 0.717) is 5.69 Å². The number of nitrogens with one attached hydrogen (secondary N) is 1. The zero-order chi connectivity index (χ0) is 13.9. The van der Waals surface area contributed by atoms with Gasteiger partial charge in [0.05, 0.1) is 12.2 Å². The van der Waals surface area contributed by atoms with Crippen LogP contribution in [0.3, 0.4) is 0 Å². The summed E-state index contributed by atoms with van der Waals surface area (Å²) >= 11 is 0. The van der Waals surface area contributed by atoms with Gasteiger partial charge in [-0.3, -0.25) is 4.79 Å². The predicted octanol–water partition coefficient (Wildman–Crippen LogP) is -0.902. The number of carbonyl (C=O) groups excluding carboxylic acids is 1. The van der Waals surface area contributed by atoms with E-state index < -0.39 is 15.9 Å². The Morgan fingerprint density at radius 3 is 2.50 bits per heavy atom. The van der Waals surface area contributed by atoms with Gasteiger partial charge in [0.25, 0.3) is 0 Å². The lowest BCUT2D eigenvalue weighted by Crippen LogP contribution is -2.30. The van der Waals surface area contributed by atoms with Crippen molar-refractivity contribution in [2.24, 2.45) is 5.73 Å². The van der Waals surface area contributed by atoms with Crippen molar-refractivity contribution < 1.29 is 13.2 Å². The van der Waals surface area contributed by atoms with Gasteiger partial charge >= 0.3 is 0 Å². The van der Waals surface area contributed by atoms with Crippen LogP contribution in [-0.2, 0) is 14.8 Å². The second kappa shape index (κ2) is 5.23. The van der Waals surface area contributed by atoms with E-state index in [0.717, 1.165) is 0 Å². The minimum absolute atomic E-state index is 0.00113. The molecule has 0 saturated heterocycles. The highest BCUT2D eigenvalue weighted by atomic mass is 32.2. The van der Waals surface area contributed by atoms with Crippen LogP contribution < -0.4 is 21.1 Å². The highest BCUT2D eigenvalue weighted by Crippen LogP contribution is 2.23. The second-order valence-corrected chi connectivity index (χ2v) is 5.61. The number of sulfonamides is 1. The largest absolute Gasteiger partial charge is 0.398 e. The molecule has 0 unspecified atom stereocenters. The van der Waals surface area contributed by atoms with Crippen molar-refractivity contribution in [2.45, 2.75) is 4.90 Å². The van der Waals surface area contributed by atoms with E-state index in [1.807, 2.05) is 0 Å². The summed E-state index contributed by atoms with van der Waals surface area (Å²) in [5.41, 5.74) is 11.5. The van der Waals surface area contributed by atoms with Gasteiger partial charge in [-0.1, -0.05) is 0 Å². The molecule has 0 heterocycles. The summed E-state index contributed by atoms with van der Waals surface area (Å²) in [7, 11) is -0.614. The Hall–Kier alpha value is -1.80. The molecule has 1 rings (SSSR count). The smallest absolute Gasteiger partial charge is 0.242 e. The van der Waals surface area contributed by atoms with Gasteiger partial charge in [0, 0.05) is 12.7 Å². The highest BCUT2D eigenvalue weighted by Gasteiger charge is 2.16. The van der Waals surface area contributed by atoms with E-state index in [4.69, 9.17) is 11.5 Å². The Kier molecular flexibility index (Phi) is 4.15. The number of hydrogen-bond donors (Lipinski definition) is 3. The summed E-state index contributed by atoms with van der Waals surface area (Å²) in [4.78, 5) is 12.4. The molecule has 0 radical (unpaired) electrons. The Morgan fingerprint density at radius 2 is 2.06 bits per heavy atom. The number of nitrogens with two attached hydrogens (primary N) is 2. The molecule has 1 amide bonds. The fourth-order valence-electron chi connectivity index (χ4n) is 1.45. The van der Waals surface area contributed by atoms with Crippen LogP contribution in [0.4, 0.5) is 11.4 Å². The number of nitrogen functional groups attached to an aromatic ring is 1. The number of benzene rings is 1. The van der Waals surface area contributed by atoms with Crippen molar-refractivity contribution in [2.75, 3.05) is 31.3 Å². The number of likely N-dealkylation sites (N-methyl/N-ethyl adjacent to an activating group) is 1. The molecule has 100 valence electrons. The van der Waals surface area contributed by atoms with Crippen LogP contribution in [0.15, 0.2) is 23.1 Å². The number of rotatable bonds is 5. The van der Waals surface area contributed by atoms with Crippen LogP contribution in [0.1, 0.15) is 0 Å². The van der Waals surface area contributed by atoms with E-state index in [1.165, 1.54) is 19.2 Å². The van der Waals surface area contributed by atoms with Crippen LogP contribution in [0.5, 0.6) is 0 Å². The molecule has 7 nitrogen and oxygen atoms in total. The lowest BCUT2D eigenvalue weighted by atomic mass is 10.2. The van der Waals surface area contributed by atoms with Gasteiger partial charge in [0.1, 0.15) is 4.90 Å². The molecule has 0 aliphatic rings. The number of primary amides is 1. The number of hydrogen-bond acceptors (Lipinski definition) is 5. The number of anilines is 2. The summed E-state index contributed by atoms with van der Waals surface area (Å²) in [6, 6.07) is 4.42. The molecule has 1 aromatic rings. The summed E-state index contributed by atoms with van der Waals surface area (Å²) in [6.45, 7) is 0.0254. The molecule has 0 saturated carbocycles. The first kappa shape index (κ1) is 14.3. The summed E-state index contributed by atoms with van der Waals surface area (Å²) in [6.07, 6.45) is 0. The number of carbonyl (C=O) groups is 1. The Balaban J connectivity index is 3.10. The molecule has 5 N–H and O–H groups in total. The van der Waals surface area contributed by atoms with E-state index in [9.17, 15) is 13.2 Å². The maximum atomic E-state index is 11.6. The zero-order valence-corrected chi connectivity index (χ0v) is 11.0. The summed E-state index contributed by atoms with van der Waals surface area (Å²) in [5.74, 6) is -0.483. The van der Waals surface area contributed by atoms with E-state index in [2.05, 4.69) is 4.72 Å². The van der Waals surface area contributed by atoms with Crippen molar-refractivity contribution in [3.63, 3.8) is 0 Å². The monoisotopic (exact) mass is 272 g/mol. The van der Waals surface area contributed by atoms with E-state index in [-0.39, 0.29) is 17.1 Å². The van der Waals surface area contributed by atoms with Gasteiger partial charge in [-0.25, -0.2) is 13.1 Å². The minimum atomic E-state index is -3.58. The molecule has 0 spiro atoms. The second-order valence-electron chi connectivity index (χ2n) is 3.75. The molecule has 0 fully saturated rings. The van der Waals surface area contributed by atoms with Crippen LogP contribution in [0, 0.1) is 0 Å². The fraction of sp³-hybridized carbons (Fsp3) is 0.300. The lowest BCUT2D eigenvalue weighted by molar-refractivity contribution is -0.116. The van der Waals surface area contributed by atoms with Crippen molar-refractivity contribution in [3.05, 3.63) is 18.2 Å². The van der Waals surface area contributed by atoms with Gasteiger partial charge in [-0.05, 0) is 25.2 Å². The summed E-state index contributed by atoms with van der Waals surface area (Å²) in [5, 5.41) is 0. The highest BCUT2D eigenvalue weighted by molar-refractivity contribution is 7.89. The van der Waals surface area contributed by atoms with Crippen molar-refractivity contribution in [1.82, 2.24) is 4.72 Å². The minimum Gasteiger partial charge on any atom is -0.398 e. The average molecular weight is 272 g/mol. The van der Waals surface area contributed by atoms with E-state index in [1.54, 1.807) is 18.0 Å². The molecule has 0 aliphatic heterocycles. The normalized spacial score (nSPS) is 11.2. The maximum absolute atomic E-state index is 11.6. The molecule has 0 aromatic heterocycles. The first-order chi connectivity index (χ1) is 8.27. The predicted molar refractivity (Wildman–Crippen MR) is 69.6 cm³/mol. The maximum Gasteiger partial charge on any atom is 0.242 e. The molecule has 1 aromatic carbocycles. The Morgan fingerprint density at radius 1 is 1.44 bits per heavy atom. The topological polar surface area (TPSA) is 119 Å². The quantitative estimate of drug-likeness (QED) is 0.600. The Labute approximate surface area is 106 Å². The number of nitrogens with zero attached hydrogens (tertiary/aromatic N) is 1. The van der Waals surface area contributed by atoms with Gasteiger partial charge in [-0.15, -0.1) is 0 Å². The average Bonchev–Trinajstić information content (AvgIpc) is 2.27. The Bertz CT molecular complexity index is 556. The molecule has 18 heavy (non-hydrogen) atoms. The van der Waals surface area contributed by atoms with Gasteiger partial charge in [-0.2, -0.15) is 0 Å². The fourth-order valence-corrected chi connectivity index (χ4v) is 2.29. The molecule has 0 aliphatic carbocycles. The third-order valence-corrected chi connectivity index (χ3v) is 3.87. The van der Waals surface area contributed by atoms with Crippen LogP contribution in [-0.4, -0.2) is 35.0 Å². The third-order valence-electron chi connectivity index (χ3n) is 2.39. The van der Waals surface area contributed by atoms with Crippen LogP contribution in [0.2, 0.25) is 0 Å². The molecule has 0 bridgehead atoms. The van der Waals surface area contributed by atoms with E-state index >= 15 is 0 Å². The third kappa shape index (κ3) is 3.11. The first-order valence-corrected chi connectivity index (χ1v) is 6.58. The molecular weight excluding hydrogens is 256 g/mol. The van der Waals surface area contributed by atoms with Crippen LogP contribution in [0.25, 0.3) is 0 Å². The van der Waals surface area contributed by atoms with Crippen molar-refractivity contribution in [3.8, 4) is 0 Å². The van der Waals surface area contributed by atoms with Gasteiger partial charge in [0.15, 0.2) is 0 Å². The summed E-state index contributed by atoms with van der Waals surface area (Å²) < 4.78 is 25.4. The van der Waals surface area contributed by atoms with Gasteiger partial charge < -0.3 is 16.4 Å². The van der Waals surface area contributed by atoms with Gasteiger partial charge in [0.2, 0.25) is 15.9 Å². The lowest BCUT2D eigenvalue weighted by Gasteiger charge is -2.18. The van der Waals surface area contributed by atoms with Crippen LogP contribution >= 0.6 is 0 Å². The van der Waals surface area contributed by atoms with Crippen molar-refractivity contribution >= 4 is 27.3 Å². The molecule has 8 heteroatoms. The zero-order valence-electron chi connectivity index (χ0n) is 10.2. The standard InChI is InChI=1S/C10H16N4O3S/c1-13-18(16,17)9-4-3-7(5-8(9)11)14(2)6-10(12)15/h3-5,13H,6,11H2,1-2H3,(H2,12,15). The molecule has 0 atom stereocenters. The SMILES string of the molecule is CNS(=O)(=O)c1ccc(N(C)CC(N)=O)cc1N. The first-order valence-electron chi connectivity index (χ1n) is 5.10. The number of amides is 1.